The summed E-state index contributed by atoms with van der Waals surface area (Å²) >= 11 is 0. The van der Waals surface area contributed by atoms with Crippen molar-refractivity contribution in [2.75, 3.05) is 4.90 Å². The lowest BCUT2D eigenvalue weighted by Crippen LogP contribution is -2.53. The van der Waals surface area contributed by atoms with Gasteiger partial charge in [-0.05, 0) is 39.0 Å². The van der Waals surface area contributed by atoms with Crippen molar-refractivity contribution in [3.05, 3.63) is 70.0 Å². The summed E-state index contributed by atoms with van der Waals surface area (Å²) in [6.07, 6.45) is -8.26. The first kappa shape index (κ1) is 27.2. The van der Waals surface area contributed by atoms with Crippen LogP contribution >= 0.6 is 0 Å². The van der Waals surface area contributed by atoms with Crippen LogP contribution in [0, 0.1) is 15.9 Å². The van der Waals surface area contributed by atoms with Crippen molar-refractivity contribution in [3.8, 4) is 0 Å². The van der Waals surface area contributed by atoms with E-state index in [1.54, 1.807) is 5.32 Å². The van der Waals surface area contributed by atoms with Gasteiger partial charge in [-0.3, -0.25) is 19.7 Å². The Morgan fingerprint density at radius 1 is 1.06 bits per heavy atom. The van der Waals surface area contributed by atoms with Crippen LogP contribution in [0.5, 0.6) is 0 Å². The SMILES string of the molecule is CC(C)(C)OC(=O)NC(CC(F)(F)F)C(=O)N(C(=O)c1c(F)cccc1[N+](=O)[O-])c1ccccc1. The van der Waals surface area contributed by atoms with Crippen molar-refractivity contribution in [1.82, 2.24) is 5.32 Å². The molecule has 0 fully saturated rings. The Balaban J connectivity index is 2.61. The molecule has 2 aromatic rings. The Morgan fingerprint density at radius 3 is 2.17 bits per heavy atom. The van der Waals surface area contributed by atoms with E-state index in [-0.39, 0.29) is 10.6 Å². The summed E-state index contributed by atoms with van der Waals surface area (Å²) in [5, 5.41) is 13.2. The highest BCUT2D eigenvalue weighted by atomic mass is 19.4. The number of alkyl halides is 3. The normalized spacial score (nSPS) is 12.4. The van der Waals surface area contributed by atoms with Gasteiger partial charge >= 0.3 is 12.3 Å². The summed E-state index contributed by atoms with van der Waals surface area (Å²) in [6.45, 7) is 4.30. The van der Waals surface area contributed by atoms with E-state index in [0.717, 1.165) is 30.3 Å². The predicted octanol–water partition coefficient (Wildman–Crippen LogP) is 4.75. The van der Waals surface area contributed by atoms with Crippen LogP contribution in [0.3, 0.4) is 0 Å². The first-order chi connectivity index (χ1) is 16.1. The molecule has 2 rings (SSSR count). The highest BCUT2D eigenvalue weighted by molar-refractivity contribution is 6.23. The predicted molar refractivity (Wildman–Crippen MR) is 115 cm³/mol. The molecule has 0 aliphatic heterocycles. The number of hydrogen-bond donors (Lipinski definition) is 1. The number of nitrogens with zero attached hydrogens (tertiary/aromatic N) is 2. The summed E-state index contributed by atoms with van der Waals surface area (Å²) in [5.74, 6) is -4.57. The molecule has 9 nitrogen and oxygen atoms in total. The molecule has 1 N–H and O–H groups in total. The number of carbonyl (C=O) groups is 3. The standard InChI is InChI=1S/C22H21F4N3O6/c1-21(2,3)35-20(32)27-15(12-22(24,25)26)18(30)28(13-8-5-4-6-9-13)19(31)17-14(23)10-7-11-16(17)29(33)34/h4-11,15H,12H2,1-3H3,(H,27,32). The number of alkyl carbamates (subject to hydrolysis) is 1. The Kier molecular flexibility index (Phi) is 8.16. The molecule has 3 amide bonds. The maximum absolute atomic E-state index is 14.5. The number of imide groups is 1. The first-order valence-corrected chi connectivity index (χ1v) is 10.0. The molecule has 0 spiro atoms. The van der Waals surface area contributed by atoms with Crippen molar-refractivity contribution in [1.29, 1.82) is 0 Å². The van der Waals surface area contributed by atoms with Crippen LogP contribution in [0.4, 0.5) is 33.7 Å². The van der Waals surface area contributed by atoms with E-state index < -0.39 is 64.1 Å². The molecule has 2 aromatic carbocycles. The van der Waals surface area contributed by atoms with Crippen LogP contribution in [0.2, 0.25) is 0 Å². The molecule has 0 aliphatic carbocycles. The van der Waals surface area contributed by atoms with Crippen LogP contribution in [0.1, 0.15) is 37.6 Å². The van der Waals surface area contributed by atoms with Crippen molar-refractivity contribution in [2.45, 2.75) is 45.0 Å². The Hall–Kier alpha value is -4.03. The van der Waals surface area contributed by atoms with Gasteiger partial charge < -0.3 is 10.1 Å². The molecule has 1 atom stereocenters. The second-order valence-corrected chi connectivity index (χ2v) is 8.22. The number of ether oxygens (including phenoxy) is 1. The smallest absolute Gasteiger partial charge is 0.408 e. The number of rotatable bonds is 6. The van der Waals surface area contributed by atoms with E-state index in [2.05, 4.69) is 0 Å². The molecule has 1 unspecified atom stereocenters. The molecule has 13 heteroatoms. The zero-order chi connectivity index (χ0) is 26.6. The zero-order valence-electron chi connectivity index (χ0n) is 18.8. The molecule has 0 bridgehead atoms. The average Bonchev–Trinajstić information content (AvgIpc) is 2.71. The van der Waals surface area contributed by atoms with Crippen LogP contribution in [0.25, 0.3) is 0 Å². The minimum absolute atomic E-state index is 0.152. The number of nitro benzene ring substituents is 1. The quantitative estimate of drug-likeness (QED) is 0.348. The maximum atomic E-state index is 14.5. The average molecular weight is 499 g/mol. The lowest BCUT2D eigenvalue weighted by atomic mass is 10.1. The number of nitrogens with one attached hydrogen (secondary N) is 1. The Morgan fingerprint density at radius 2 is 1.66 bits per heavy atom. The number of nitro groups is 1. The molecule has 0 radical (unpaired) electrons. The summed E-state index contributed by atoms with van der Waals surface area (Å²) < 4.78 is 59.3. The largest absolute Gasteiger partial charge is 0.444 e. The van der Waals surface area contributed by atoms with E-state index in [9.17, 15) is 42.1 Å². The van der Waals surface area contributed by atoms with Gasteiger partial charge in [0.1, 0.15) is 17.5 Å². The number of halogens is 4. The Labute approximate surface area is 196 Å². The molecule has 0 aromatic heterocycles. The topological polar surface area (TPSA) is 119 Å². The fourth-order valence-electron chi connectivity index (χ4n) is 2.95. The van der Waals surface area contributed by atoms with Gasteiger partial charge in [0.15, 0.2) is 5.56 Å². The van der Waals surface area contributed by atoms with Crippen LogP contribution in [-0.4, -0.2) is 40.7 Å². The number of amides is 3. The minimum atomic E-state index is -4.98. The minimum Gasteiger partial charge on any atom is -0.444 e. The van der Waals surface area contributed by atoms with Gasteiger partial charge in [0.05, 0.1) is 17.0 Å². The van der Waals surface area contributed by atoms with Crippen molar-refractivity contribution < 1.29 is 41.6 Å². The van der Waals surface area contributed by atoms with E-state index >= 15 is 0 Å². The molecule has 188 valence electrons. The van der Waals surface area contributed by atoms with Crippen molar-refractivity contribution >= 4 is 29.3 Å². The first-order valence-electron chi connectivity index (χ1n) is 10.0. The van der Waals surface area contributed by atoms with E-state index in [4.69, 9.17) is 4.74 Å². The van der Waals surface area contributed by atoms with Gasteiger partial charge in [-0.15, -0.1) is 0 Å². The summed E-state index contributed by atoms with van der Waals surface area (Å²) in [7, 11) is 0. The zero-order valence-corrected chi connectivity index (χ0v) is 18.8. The van der Waals surface area contributed by atoms with E-state index in [0.29, 0.717) is 0 Å². The third-order valence-corrected chi connectivity index (χ3v) is 4.26. The number of para-hydroxylation sites is 1. The second kappa shape index (κ2) is 10.5. The fraction of sp³-hybridized carbons (Fsp3) is 0.318. The van der Waals surface area contributed by atoms with Crippen LogP contribution in [0.15, 0.2) is 48.5 Å². The maximum Gasteiger partial charge on any atom is 0.408 e. The molecule has 0 heterocycles. The third-order valence-electron chi connectivity index (χ3n) is 4.26. The monoisotopic (exact) mass is 499 g/mol. The molecule has 0 aliphatic rings. The number of benzene rings is 2. The van der Waals surface area contributed by atoms with Gasteiger partial charge in [-0.25, -0.2) is 14.1 Å². The Bertz CT molecular complexity index is 1120. The van der Waals surface area contributed by atoms with Gasteiger partial charge in [0.2, 0.25) is 0 Å². The van der Waals surface area contributed by atoms with E-state index in [1.165, 1.54) is 39.0 Å². The van der Waals surface area contributed by atoms with Gasteiger partial charge in [-0.1, -0.05) is 24.3 Å². The molecule has 0 saturated heterocycles. The molecular weight excluding hydrogens is 478 g/mol. The number of hydrogen-bond acceptors (Lipinski definition) is 6. The summed E-state index contributed by atoms with van der Waals surface area (Å²) in [4.78, 5) is 49.1. The highest BCUT2D eigenvalue weighted by Crippen LogP contribution is 2.29. The highest BCUT2D eigenvalue weighted by Gasteiger charge is 2.42. The van der Waals surface area contributed by atoms with Crippen molar-refractivity contribution in [3.63, 3.8) is 0 Å². The van der Waals surface area contributed by atoms with Gasteiger partial charge in [-0.2, -0.15) is 13.2 Å². The van der Waals surface area contributed by atoms with E-state index in [1.807, 2.05) is 0 Å². The molecule has 35 heavy (non-hydrogen) atoms. The number of carbonyl (C=O) groups excluding carboxylic acids is 3. The summed E-state index contributed by atoms with van der Waals surface area (Å²) in [5.41, 5.74) is -3.58. The molecule has 0 saturated carbocycles. The van der Waals surface area contributed by atoms with Crippen LogP contribution in [-0.2, 0) is 9.53 Å². The van der Waals surface area contributed by atoms with Crippen LogP contribution < -0.4 is 10.2 Å². The van der Waals surface area contributed by atoms with Crippen molar-refractivity contribution in [2.24, 2.45) is 0 Å². The summed E-state index contributed by atoms with van der Waals surface area (Å²) in [6, 6.07) is 6.54. The lowest BCUT2D eigenvalue weighted by molar-refractivity contribution is -0.385. The number of anilines is 1. The van der Waals surface area contributed by atoms with Gasteiger partial charge in [0.25, 0.3) is 17.5 Å². The second-order valence-electron chi connectivity index (χ2n) is 8.22. The fourth-order valence-corrected chi connectivity index (χ4v) is 2.95. The third kappa shape index (κ3) is 7.48. The van der Waals surface area contributed by atoms with Gasteiger partial charge in [0, 0.05) is 6.07 Å². The molecular formula is C22H21F4N3O6. The lowest BCUT2D eigenvalue weighted by Gasteiger charge is -2.28.